The van der Waals surface area contributed by atoms with Gasteiger partial charge in [-0.1, -0.05) is 63.1 Å². The van der Waals surface area contributed by atoms with Gasteiger partial charge in [0.15, 0.2) is 0 Å². The highest BCUT2D eigenvalue weighted by atomic mass is 16.7. The van der Waals surface area contributed by atoms with Crippen LogP contribution >= 0.6 is 0 Å². The smallest absolute Gasteiger partial charge is 0.341 e. The second-order valence-corrected chi connectivity index (χ2v) is 7.93. The van der Waals surface area contributed by atoms with Crippen molar-refractivity contribution in [1.82, 2.24) is 0 Å². The Bertz CT molecular complexity index is 754. The molecule has 0 saturated carbocycles. The molecule has 0 radical (unpaired) electrons. The fourth-order valence-corrected chi connectivity index (χ4v) is 3.67. The number of aliphatic hydroxyl groups excluding tert-OH is 2. The van der Waals surface area contributed by atoms with E-state index in [1.54, 1.807) is 60.7 Å². The first-order chi connectivity index (χ1) is 15.5. The topological polar surface area (TPSA) is 93.1 Å². The van der Waals surface area contributed by atoms with Crippen LogP contribution in [0.25, 0.3) is 0 Å². The lowest BCUT2D eigenvalue weighted by atomic mass is 9.87. The van der Waals surface area contributed by atoms with Crippen molar-refractivity contribution >= 4 is 11.9 Å². The van der Waals surface area contributed by atoms with Gasteiger partial charge in [-0.05, 0) is 43.5 Å². The first-order valence-corrected chi connectivity index (χ1v) is 11.3. The third-order valence-electron chi connectivity index (χ3n) is 5.39. The van der Waals surface area contributed by atoms with Crippen molar-refractivity contribution in [2.24, 2.45) is 5.92 Å². The number of carbonyl (C=O) groups excluding carboxylic acids is 2. The second kappa shape index (κ2) is 13.7. The van der Waals surface area contributed by atoms with E-state index in [4.69, 9.17) is 9.47 Å². The Morgan fingerprint density at radius 1 is 0.688 bits per heavy atom. The SMILES string of the molecule is CCCC(O)C(CCC)C(O)CCC(OC(=O)c1ccccc1)OC(=O)c1ccccc1. The van der Waals surface area contributed by atoms with Crippen LogP contribution in [-0.4, -0.2) is 40.6 Å². The predicted octanol–water partition coefficient (Wildman–Crippen LogP) is 4.74. The molecule has 2 rings (SSSR count). The van der Waals surface area contributed by atoms with E-state index in [-0.39, 0.29) is 18.8 Å². The zero-order valence-corrected chi connectivity index (χ0v) is 18.9. The minimum atomic E-state index is -1.16. The quantitative estimate of drug-likeness (QED) is 0.344. The molecule has 6 heteroatoms. The van der Waals surface area contributed by atoms with Crippen LogP contribution in [0, 0.1) is 5.92 Å². The van der Waals surface area contributed by atoms with Gasteiger partial charge in [0.1, 0.15) is 0 Å². The monoisotopic (exact) mass is 442 g/mol. The Morgan fingerprint density at radius 3 is 1.56 bits per heavy atom. The summed E-state index contributed by atoms with van der Waals surface area (Å²) in [6.07, 6.45) is 0.723. The van der Waals surface area contributed by atoms with Crippen LogP contribution in [-0.2, 0) is 9.47 Å². The summed E-state index contributed by atoms with van der Waals surface area (Å²) in [5.74, 6) is -1.50. The minimum Gasteiger partial charge on any atom is -0.422 e. The molecule has 2 aromatic rings. The maximum absolute atomic E-state index is 12.5. The molecule has 3 atom stereocenters. The molecule has 0 aliphatic heterocycles. The normalized spacial score (nSPS) is 13.9. The molecular weight excluding hydrogens is 408 g/mol. The van der Waals surface area contributed by atoms with Crippen molar-refractivity contribution < 1.29 is 29.3 Å². The average molecular weight is 443 g/mol. The van der Waals surface area contributed by atoms with Crippen molar-refractivity contribution in [3.05, 3.63) is 71.8 Å². The van der Waals surface area contributed by atoms with E-state index in [1.807, 2.05) is 13.8 Å². The maximum Gasteiger partial charge on any atom is 0.341 e. The molecule has 0 aromatic heterocycles. The van der Waals surface area contributed by atoms with Crippen molar-refractivity contribution in [1.29, 1.82) is 0 Å². The number of aliphatic hydroxyl groups is 2. The molecule has 0 aliphatic carbocycles. The van der Waals surface area contributed by atoms with E-state index < -0.39 is 30.4 Å². The molecule has 0 spiro atoms. The zero-order valence-electron chi connectivity index (χ0n) is 18.9. The van der Waals surface area contributed by atoms with Crippen LogP contribution in [0.15, 0.2) is 60.7 Å². The van der Waals surface area contributed by atoms with E-state index in [2.05, 4.69) is 0 Å². The Kier molecular flexibility index (Phi) is 10.9. The number of rotatable bonds is 13. The number of carbonyl (C=O) groups is 2. The van der Waals surface area contributed by atoms with Crippen LogP contribution < -0.4 is 0 Å². The molecule has 32 heavy (non-hydrogen) atoms. The van der Waals surface area contributed by atoms with Crippen molar-refractivity contribution in [3.8, 4) is 0 Å². The van der Waals surface area contributed by atoms with Gasteiger partial charge in [-0.2, -0.15) is 0 Å². The summed E-state index contributed by atoms with van der Waals surface area (Å²) < 4.78 is 10.9. The van der Waals surface area contributed by atoms with Crippen LogP contribution in [0.2, 0.25) is 0 Å². The lowest BCUT2D eigenvalue weighted by Gasteiger charge is -2.28. The summed E-state index contributed by atoms with van der Waals surface area (Å²) in [7, 11) is 0. The first-order valence-electron chi connectivity index (χ1n) is 11.3. The van der Waals surface area contributed by atoms with E-state index >= 15 is 0 Å². The molecule has 0 heterocycles. The van der Waals surface area contributed by atoms with Gasteiger partial charge >= 0.3 is 11.9 Å². The van der Waals surface area contributed by atoms with Gasteiger partial charge in [0.25, 0.3) is 0 Å². The van der Waals surface area contributed by atoms with Gasteiger partial charge < -0.3 is 19.7 Å². The molecule has 0 amide bonds. The molecule has 174 valence electrons. The fourth-order valence-electron chi connectivity index (χ4n) is 3.67. The van der Waals surface area contributed by atoms with Crippen molar-refractivity contribution in [2.75, 3.05) is 0 Å². The van der Waals surface area contributed by atoms with Gasteiger partial charge in [0.05, 0.1) is 23.3 Å². The Hall–Kier alpha value is -2.70. The van der Waals surface area contributed by atoms with Gasteiger partial charge in [0, 0.05) is 12.3 Å². The summed E-state index contributed by atoms with van der Waals surface area (Å²) >= 11 is 0. The lowest BCUT2D eigenvalue weighted by Crippen LogP contribution is -2.33. The van der Waals surface area contributed by atoms with Crippen LogP contribution in [0.1, 0.15) is 73.1 Å². The second-order valence-electron chi connectivity index (χ2n) is 7.93. The molecule has 6 nitrogen and oxygen atoms in total. The maximum atomic E-state index is 12.5. The van der Waals surface area contributed by atoms with Gasteiger partial charge in [-0.15, -0.1) is 0 Å². The summed E-state index contributed by atoms with van der Waals surface area (Å²) in [6, 6.07) is 16.9. The molecule has 0 bridgehead atoms. The Balaban J connectivity index is 2.08. The van der Waals surface area contributed by atoms with Crippen LogP contribution in [0.4, 0.5) is 0 Å². The average Bonchev–Trinajstić information content (AvgIpc) is 2.81. The number of esters is 2. The van der Waals surface area contributed by atoms with E-state index in [9.17, 15) is 19.8 Å². The standard InChI is InChI=1S/C26H34O6/c1-3-11-21(22(27)12-4-2)23(28)17-18-24(31-25(29)19-13-7-5-8-14-19)32-26(30)20-15-9-6-10-16-20/h5-10,13-16,21-24,27-28H,3-4,11-12,17-18H2,1-2H3. The van der Waals surface area contributed by atoms with Gasteiger partial charge in [0.2, 0.25) is 6.29 Å². The minimum absolute atomic E-state index is 0.122. The van der Waals surface area contributed by atoms with E-state index in [0.717, 1.165) is 12.8 Å². The summed E-state index contributed by atoms with van der Waals surface area (Å²) in [5.41, 5.74) is 0.687. The van der Waals surface area contributed by atoms with Crippen molar-refractivity contribution in [3.63, 3.8) is 0 Å². The molecule has 0 fully saturated rings. The molecule has 0 aliphatic rings. The highest BCUT2D eigenvalue weighted by Crippen LogP contribution is 2.24. The highest BCUT2D eigenvalue weighted by Gasteiger charge is 2.28. The molecule has 2 N–H and O–H groups in total. The summed E-state index contributed by atoms with van der Waals surface area (Å²) in [4.78, 5) is 25.1. The van der Waals surface area contributed by atoms with Crippen LogP contribution in [0.5, 0.6) is 0 Å². The molecule has 0 saturated heterocycles. The number of hydrogen-bond donors (Lipinski definition) is 2. The lowest BCUT2D eigenvalue weighted by molar-refractivity contribution is -0.0918. The first kappa shape index (κ1) is 25.6. The Morgan fingerprint density at radius 2 is 1.12 bits per heavy atom. The van der Waals surface area contributed by atoms with Crippen LogP contribution in [0.3, 0.4) is 0 Å². The predicted molar refractivity (Wildman–Crippen MR) is 122 cm³/mol. The summed E-state index contributed by atoms with van der Waals surface area (Å²) in [6.45, 7) is 3.99. The van der Waals surface area contributed by atoms with E-state index in [0.29, 0.717) is 24.0 Å². The molecule has 3 unspecified atom stereocenters. The Labute approximate surface area is 190 Å². The van der Waals surface area contributed by atoms with Gasteiger partial charge in [-0.25, -0.2) is 9.59 Å². The molecule has 2 aromatic carbocycles. The number of benzene rings is 2. The van der Waals surface area contributed by atoms with Gasteiger partial charge in [-0.3, -0.25) is 0 Å². The molecular formula is C26H34O6. The van der Waals surface area contributed by atoms with Crippen molar-refractivity contribution in [2.45, 2.75) is 70.9 Å². The largest absolute Gasteiger partial charge is 0.422 e. The zero-order chi connectivity index (χ0) is 23.3. The highest BCUT2D eigenvalue weighted by molar-refractivity contribution is 5.90. The number of hydrogen-bond acceptors (Lipinski definition) is 6. The third-order valence-corrected chi connectivity index (χ3v) is 5.39. The summed E-state index contributed by atoms with van der Waals surface area (Å²) in [5, 5.41) is 21.2. The fraction of sp³-hybridized carbons (Fsp3) is 0.462. The third kappa shape index (κ3) is 8.09. The van der Waals surface area contributed by atoms with E-state index in [1.165, 1.54) is 0 Å². The number of ether oxygens (including phenoxy) is 2.